The molecule has 4 heteroatoms. The van der Waals surface area contributed by atoms with Crippen LogP contribution in [0, 0.1) is 11.3 Å². The van der Waals surface area contributed by atoms with Crippen molar-refractivity contribution >= 4 is 11.6 Å². The van der Waals surface area contributed by atoms with Gasteiger partial charge >= 0.3 is 0 Å². The number of hydrogen-bond donors (Lipinski definition) is 1. The Morgan fingerprint density at radius 2 is 1.65 bits per heavy atom. The summed E-state index contributed by atoms with van der Waals surface area (Å²) in [6.45, 7) is 5.96. The van der Waals surface area contributed by atoms with Gasteiger partial charge in [-0.3, -0.25) is 4.79 Å². The molecule has 0 saturated heterocycles. The van der Waals surface area contributed by atoms with Crippen molar-refractivity contribution in [3.63, 3.8) is 0 Å². The molecule has 0 radical (unpaired) electrons. The third-order valence-electron chi connectivity index (χ3n) is 3.51. The summed E-state index contributed by atoms with van der Waals surface area (Å²) in [5.74, 6) is 0.890. The van der Waals surface area contributed by atoms with Gasteiger partial charge in [0.05, 0.1) is 11.6 Å². The summed E-state index contributed by atoms with van der Waals surface area (Å²) in [5, 5.41) is 11.5. The Bertz CT molecular complexity index is 698. The van der Waals surface area contributed by atoms with Crippen molar-refractivity contribution in [3.05, 3.63) is 59.7 Å². The third-order valence-corrected chi connectivity index (χ3v) is 3.51. The number of rotatable bonds is 5. The number of carbonyl (C=O) groups is 1. The maximum Gasteiger partial charge on any atom is 0.265 e. The van der Waals surface area contributed by atoms with E-state index in [1.54, 1.807) is 31.2 Å². The van der Waals surface area contributed by atoms with E-state index in [1.165, 1.54) is 5.56 Å². The van der Waals surface area contributed by atoms with Crippen molar-refractivity contribution in [2.75, 3.05) is 5.32 Å². The Morgan fingerprint density at radius 3 is 2.17 bits per heavy atom. The van der Waals surface area contributed by atoms with Crippen LogP contribution in [-0.4, -0.2) is 12.0 Å². The normalized spacial score (nSPS) is 11.6. The molecule has 2 rings (SSSR count). The Hall–Kier alpha value is -2.80. The summed E-state index contributed by atoms with van der Waals surface area (Å²) in [5.41, 5.74) is 2.42. The predicted octanol–water partition coefficient (Wildman–Crippen LogP) is 4.09. The minimum atomic E-state index is -0.615. The summed E-state index contributed by atoms with van der Waals surface area (Å²) in [7, 11) is 0. The minimum absolute atomic E-state index is 0.234. The number of nitrogens with one attached hydrogen (secondary N) is 1. The summed E-state index contributed by atoms with van der Waals surface area (Å²) in [6, 6.07) is 16.5. The van der Waals surface area contributed by atoms with Gasteiger partial charge in [0.1, 0.15) is 5.75 Å². The van der Waals surface area contributed by atoms with Gasteiger partial charge in [-0.05, 0) is 54.8 Å². The predicted molar refractivity (Wildman–Crippen MR) is 90.4 cm³/mol. The standard InChI is InChI=1S/C19H20N2O2/c1-13(2)16-6-10-18(11-7-16)23-14(3)19(22)21-17-8-4-15(12-20)5-9-17/h4-11,13-14H,1-3H3,(H,21,22). The first-order chi connectivity index (χ1) is 11.0. The highest BCUT2D eigenvalue weighted by Crippen LogP contribution is 2.19. The second-order valence-corrected chi connectivity index (χ2v) is 5.66. The highest BCUT2D eigenvalue weighted by Gasteiger charge is 2.15. The van der Waals surface area contributed by atoms with Crippen molar-refractivity contribution in [3.8, 4) is 11.8 Å². The summed E-state index contributed by atoms with van der Waals surface area (Å²) in [6.07, 6.45) is -0.615. The van der Waals surface area contributed by atoms with E-state index >= 15 is 0 Å². The van der Waals surface area contributed by atoms with Crippen molar-refractivity contribution in [2.45, 2.75) is 32.8 Å². The van der Waals surface area contributed by atoms with Crippen molar-refractivity contribution in [2.24, 2.45) is 0 Å². The molecule has 4 nitrogen and oxygen atoms in total. The quantitative estimate of drug-likeness (QED) is 0.905. The van der Waals surface area contributed by atoms with Crippen molar-refractivity contribution in [1.82, 2.24) is 0 Å². The number of nitriles is 1. The lowest BCUT2D eigenvalue weighted by Crippen LogP contribution is -2.30. The molecular formula is C19H20N2O2. The van der Waals surface area contributed by atoms with E-state index in [4.69, 9.17) is 10.00 Å². The Morgan fingerprint density at radius 1 is 1.04 bits per heavy atom. The van der Waals surface area contributed by atoms with Crippen LogP contribution in [0.3, 0.4) is 0 Å². The van der Waals surface area contributed by atoms with Crippen LogP contribution < -0.4 is 10.1 Å². The lowest BCUT2D eigenvalue weighted by molar-refractivity contribution is -0.122. The second kappa shape index (κ2) is 7.46. The molecule has 0 bridgehead atoms. The summed E-state index contributed by atoms with van der Waals surface area (Å²) >= 11 is 0. The van der Waals surface area contributed by atoms with Gasteiger partial charge in [0.2, 0.25) is 0 Å². The van der Waals surface area contributed by atoms with E-state index in [1.807, 2.05) is 30.3 Å². The topological polar surface area (TPSA) is 62.1 Å². The zero-order valence-electron chi connectivity index (χ0n) is 13.5. The van der Waals surface area contributed by atoms with Crippen LogP contribution in [0.15, 0.2) is 48.5 Å². The molecule has 0 heterocycles. The fourth-order valence-corrected chi connectivity index (χ4v) is 2.06. The lowest BCUT2D eigenvalue weighted by atomic mass is 10.0. The second-order valence-electron chi connectivity index (χ2n) is 5.66. The van der Waals surface area contributed by atoms with Crippen LogP contribution in [0.4, 0.5) is 5.69 Å². The van der Waals surface area contributed by atoms with Crippen LogP contribution in [0.25, 0.3) is 0 Å². The highest BCUT2D eigenvalue weighted by atomic mass is 16.5. The van der Waals surface area contributed by atoms with Gasteiger partial charge in [-0.1, -0.05) is 26.0 Å². The zero-order valence-corrected chi connectivity index (χ0v) is 13.5. The first kappa shape index (κ1) is 16.6. The number of hydrogen-bond acceptors (Lipinski definition) is 3. The zero-order chi connectivity index (χ0) is 16.8. The number of amides is 1. The first-order valence-electron chi connectivity index (χ1n) is 7.57. The third kappa shape index (κ3) is 4.58. The minimum Gasteiger partial charge on any atom is -0.481 e. The monoisotopic (exact) mass is 308 g/mol. The average molecular weight is 308 g/mol. The van der Waals surface area contributed by atoms with E-state index in [0.29, 0.717) is 22.9 Å². The molecule has 0 aliphatic carbocycles. The molecule has 23 heavy (non-hydrogen) atoms. The molecule has 0 spiro atoms. The molecule has 1 amide bonds. The van der Waals surface area contributed by atoms with Gasteiger partial charge in [-0.15, -0.1) is 0 Å². The van der Waals surface area contributed by atoms with Gasteiger partial charge in [0, 0.05) is 5.69 Å². The molecule has 1 unspecified atom stereocenters. The summed E-state index contributed by atoms with van der Waals surface area (Å²) < 4.78 is 5.66. The van der Waals surface area contributed by atoms with Gasteiger partial charge in [0.25, 0.3) is 5.91 Å². The molecule has 1 N–H and O–H groups in total. The van der Waals surface area contributed by atoms with Gasteiger partial charge in [0.15, 0.2) is 6.10 Å². The van der Waals surface area contributed by atoms with E-state index in [-0.39, 0.29) is 5.91 Å². The van der Waals surface area contributed by atoms with Crippen LogP contribution in [-0.2, 0) is 4.79 Å². The maximum atomic E-state index is 12.1. The molecule has 0 saturated carbocycles. The number of benzene rings is 2. The number of ether oxygens (including phenoxy) is 1. The summed E-state index contributed by atoms with van der Waals surface area (Å²) in [4.78, 5) is 12.1. The van der Waals surface area contributed by atoms with Gasteiger partial charge < -0.3 is 10.1 Å². The van der Waals surface area contributed by atoms with Crippen LogP contribution in [0.2, 0.25) is 0 Å². The molecule has 2 aromatic rings. The molecule has 0 fully saturated rings. The Balaban J connectivity index is 1.95. The average Bonchev–Trinajstić information content (AvgIpc) is 2.56. The maximum absolute atomic E-state index is 12.1. The Labute approximate surface area is 136 Å². The molecule has 0 aliphatic heterocycles. The largest absolute Gasteiger partial charge is 0.481 e. The smallest absolute Gasteiger partial charge is 0.265 e. The number of nitrogens with zero attached hydrogens (tertiary/aromatic N) is 1. The number of carbonyl (C=O) groups excluding carboxylic acids is 1. The SMILES string of the molecule is CC(Oc1ccc(C(C)C)cc1)C(=O)Nc1ccc(C#N)cc1. The van der Waals surface area contributed by atoms with Crippen molar-refractivity contribution < 1.29 is 9.53 Å². The van der Waals surface area contributed by atoms with Crippen LogP contribution >= 0.6 is 0 Å². The Kier molecular flexibility index (Phi) is 5.37. The van der Waals surface area contributed by atoms with E-state index in [2.05, 4.69) is 19.2 Å². The molecule has 0 aliphatic rings. The molecular weight excluding hydrogens is 288 g/mol. The fourth-order valence-electron chi connectivity index (χ4n) is 2.06. The van der Waals surface area contributed by atoms with E-state index in [9.17, 15) is 4.79 Å². The van der Waals surface area contributed by atoms with E-state index < -0.39 is 6.10 Å². The van der Waals surface area contributed by atoms with Gasteiger partial charge in [-0.25, -0.2) is 0 Å². The molecule has 118 valence electrons. The lowest BCUT2D eigenvalue weighted by Gasteiger charge is -2.15. The van der Waals surface area contributed by atoms with Crippen LogP contribution in [0.5, 0.6) is 5.75 Å². The number of anilines is 1. The highest BCUT2D eigenvalue weighted by molar-refractivity contribution is 5.94. The van der Waals surface area contributed by atoms with Gasteiger partial charge in [-0.2, -0.15) is 5.26 Å². The molecule has 2 aromatic carbocycles. The van der Waals surface area contributed by atoms with Crippen LogP contribution in [0.1, 0.15) is 37.8 Å². The molecule has 0 aromatic heterocycles. The fraction of sp³-hybridized carbons (Fsp3) is 0.263. The molecule has 1 atom stereocenters. The first-order valence-corrected chi connectivity index (χ1v) is 7.57. The van der Waals surface area contributed by atoms with Crippen molar-refractivity contribution in [1.29, 1.82) is 5.26 Å². The van der Waals surface area contributed by atoms with E-state index in [0.717, 1.165) is 0 Å².